The Labute approximate surface area is 104 Å². The third kappa shape index (κ3) is 1.80. The second-order valence-electron chi connectivity index (χ2n) is 5.88. The molecule has 1 heterocycles. The van der Waals surface area contributed by atoms with Gasteiger partial charge in [0, 0.05) is 31.0 Å². The van der Waals surface area contributed by atoms with Crippen molar-refractivity contribution in [3.8, 4) is 0 Å². The van der Waals surface area contributed by atoms with Gasteiger partial charge < -0.3 is 10.6 Å². The largest absolute Gasteiger partial charge is 0.330 e. The van der Waals surface area contributed by atoms with Crippen molar-refractivity contribution < 1.29 is 0 Å². The Hall–Kier alpha value is -0.860. The molecule has 1 saturated heterocycles. The fourth-order valence-corrected chi connectivity index (χ4v) is 3.25. The minimum Gasteiger partial charge on any atom is -0.330 e. The van der Waals surface area contributed by atoms with Crippen LogP contribution in [0.3, 0.4) is 0 Å². The molecule has 1 aliphatic carbocycles. The molecule has 1 saturated carbocycles. The van der Waals surface area contributed by atoms with E-state index in [0.717, 1.165) is 12.5 Å². The number of nitrogens with two attached hydrogens (primary N) is 1. The fourth-order valence-electron chi connectivity index (χ4n) is 3.25. The molecule has 3 rings (SSSR count). The molecule has 0 amide bonds. The average molecular weight is 230 g/mol. The fraction of sp³-hybridized carbons (Fsp3) is 0.600. The number of nitrogens with zero attached hydrogens (tertiary/aromatic N) is 1. The monoisotopic (exact) mass is 230 g/mol. The van der Waals surface area contributed by atoms with Crippen LogP contribution < -0.4 is 5.73 Å². The van der Waals surface area contributed by atoms with Crippen LogP contribution in [0.5, 0.6) is 0 Å². The smallest absolute Gasteiger partial charge is 0.00934 e. The van der Waals surface area contributed by atoms with Crippen LogP contribution >= 0.6 is 0 Å². The molecule has 1 aromatic carbocycles. The Kier molecular flexibility index (Phi) is 2.72. The number of benzene rings is 1. The van der Waals surface area contributed by atoms with E-state index in [1.54, 1.807) is 0 Å². The molecule has 1 aromatic rings. The van der Waals surface area contributed by atoms with E-state index in [9.17, 15) is 0 Å². The summed E-state index contributed by atoms with van der Waals surface area (Å²) in [6.45, 7) is 3.22. The molecule has 2 aliphatic rings. The van der Waals surface area contributed by atoms with Gasteiger partial charge in [-0.25, -0.2) is 0 Å². The molecule has 2 heteroatoms. The molecular formula is C15H22N2. The van der Waals surface area contributed by atoms with Gasteiger partial charge in [-0.1, -0.05) is 30.7 Å². The number of hydrogen-bond donors (Lipinski definition) is 1. The molecule has 0 unspecified atom stereocenters. The minimum atomic E-state index is 0.311. The Morgan fingerprint density at radius 2 is 2.12 bits per heavy atom. The Morgan fingerprint density at radius 1 is 1.35 bits per heavy atom. The molecule has 0 aromatic heterocycles. The van der Waals surface area contributed by atoms with Crippen LogP contribution in [0, 0.1) is 0 Å². The van der Waals surface area contributed by atoms with E-state index >= 15 is 0 Å². The highest BCUT2D eigenvalue weighted by molar-refractivity contribution is 5.35. The first kappa shape index (κ1) is 11.2. The van der Waals surface area contributed by atoms with Crippen LogP contribution in [0.2, 0.25) is 0 Å². The summed E-state index contributed by atoms with van der Waals surface area (Å²) in [4.78, 5) is 2.37. The standard InChI is InChI=1S/C15H22N2/c1-17-9-13(10-17)12-4-2-5-14(8-12)15(11-16)6-3-7-15/h2,4-5,8,13H,3,6-7,9-11,16H2,1H3. The van der Waals surface area contributed by atoms with E-state index in [2.05, 4.69) is 36.2 Å². The van der Waals surface area contributed by atoms with E-state index in [0.29, 0.717) is 5.41 Å². The van der Waals surface area contributed by atoms with Gasteiger partial charge in [0.15, 0.2) is 0 Å². The summed E-state index contributed by atoms with van der Waals surface area (Å²) in [5, 5.41) is 0. The second kappa shape index (κ2) is 4.11. The molecule has 2 fully saturated rings. The molecule has 92 valence electrons. The van der Waals surface area contributed by atoms with E-state index in [1.807, 2.05) is 0 Å². The summed E-state index contributed by atoms with van der Waals surface area (Å²) in [6, 6.07) is 9.20. The zero-order chi connectivity index (χ0) is 11.9. The summed E-state index contributed by atoms with van der Waals surface area (Å²) in [5.41, 5.74) is 9.30. The number of rotatable bonds is 3. The molecule has 0 radical (unpaired) electrons. The van der Waals surface area contributed by atoms with Crippen LogP contribution in [0.15, 0.2) is 24.3 Å². The van der Waals surface area contributed by atoms with E-state index in [1.165, 1.54) is 43.5 Å². The van der Waals surface area contributed by atoms with Gasteiger partial charge in [0.25, 0.3) is 0 Å². The predicted octanol–water partition coefficient (Wildman–Crippen LogP) is 2.10. The van der Waals surface area contributed by atoms with Gasteiger partial charge in [0.1, 0.15) is 0 Å². The highest BCUT2D eigenvalue weighted by Crippen LogP contribution is 2.43. The van der Waals surface area contributed by atoms with Crippen LogP contribution in [0.25, 0.3) is 0 Å². The van der Waals surface area contributed by atoms with Crippen molar-refractivity contribution >= 4 is 0 Å². The first-order valence-corrected chi connectivity index (χ1v) is 6.73. The van der Waals surface area contributed by atoms with Crippen molar-refractivity contribution in [2.24, 2.45) is 5.73 Å². The zero-order valence-corrected chi connectivity index (χ0v) is 10.7. The lowest BCUT2D eigenvalue weighted by Crippen LogP contribution is -2.43. The van der Waals surface area contributed by atoms with E-state index < -0.39 is 0 Å². The maximum atomic E-state index is 5.99. The summed E-state index contributed by atoms with van der Waals surface area (Å²) in [7, 11) is 2.19. The van der Waals surface area contributed by atoms with Crippen molar-refractivity contribution in [3.05, 3.63) is 35.4 Å². The SMILES string of the molecule is CN1CC(c2cccc(C3(CN)CCC3)c2)C1. The van der Waals surface area contributed by atoms with Crippen molar-refractivity contribution in [1.82, 2.24) is 4.90 Å². The third-order valence-electron chi connectivity index (χ3n) is 4.74. The first-order chi connectivity index (χ1) is 8.23. The zero-order valence-electron chi connectivity index (χ0n) is 10.7. The topological polar surface area (TPSA) is 29.3 Å². The van der Waals surface area contributed by atoms with Gasteiger partial charge in [-0.2, -0.15) is 0 Å². The number of hydrogen-bond acceptors (Lipinski definition) is 2. The molecule has 17 heavy (non-hydrogen) atoms. The molecule has 2 nitrogen and oxygen atoms in total. The molecular weight excluding hydrogens is 208 g/mol. The number of likely N-dealkylation sites (N-methyl/N-ethyl adjacent to an activating group) is 1. The van der Waals surface area contributed by atoms with Crippen LogP contribution in [-0.2, 0) is 5.41 Å². The van der Waals surface area contributed by atoms with Crippen LogP contribution in [-0.4, -0.2) is 31.6 Å². The van der Waals surface area contributed by atoms with Crippen LogP contribution in [0.1, 0.15) is 36.3 Å². The van der Waals surface area contributed by atoms with E-state index in [4.69, 9.17) is 5.73 Å². The highest BCUT2D eigenvalue weighted by Gasteiger charge is 2.37. The van der Waals surface area contributed by atoms with Gasteiger partial charge in [0.2, 0.25) is 0 Å². The summed E-state index contributed by atoms with van der Waals surface area (Å²) in [6.07, 6.45) is 3.89. The van der Waals surface area contributed by atoms with E-state index in [-0.39, 0.29) is 0 Å². The Morgan fingerprint density at radius 3 is 2.65 bits per heavy atom. The summed E-state index contributed by atoms with van der Waals surface area (Å²) < 4.78 is 0. The summed E-state index contributed by atoms with van der Waals surface area (Å²) >= 11 is 0. The second-order valence-corrected chi connectivity index (χ2v) is 5.88. The quantitative estimate of drug-likeness (QED) is 0.861. The highest BCUT2D eigenvalue weighted by atomic mass is 15.2. The average Bonchev–Trinajstić information content (AvgIpc) is 2.25. The maximum absolute atomic E-state index is 5.99. The Bertz CT molecular complexity index is 398. The first-order valence-electron chi connectivity index (χ1n) is 6.73. The lowest BCUT2D eigenvalue weighted by molar-refractivity contribution is 0.189. The van der Waals surface area contributed by atoms with Crippen LogP contribution in [0.4, 0.5) is 0 Å². The molecule has 0 bridgehead atoms. The molecule has 0 spiro atoms. The minimum absolute atomic E-state index is 0.311. The van der Waals surface area contributed by atoms with Crippen molar-refractivity contribution in [1.29, 1.82) is 0 Å². The lowest BCUT2D eigenvalue weighted by atomic mass is 9.64. The van der Waals surface area contributed by atoms with Gasteiger partial charge in [-0.15, -0.1) is 0 Å². The summed E-state index contributed by atoms with van der Waals surface area (Å²) in [5.74, 6) is 0.745. The molecule has 1 aliphatic heterocycles. The van der Waals surface area contributed by atoms with Crippen molar-refractivity contribution in [3.63, 3.8) is 0 Å². The number of likely N-dealkylation sites (tertiary alicyclic amines) is 1. The van der Waals surface area contributed by atoms with Crippen molar-refractivity contribution in [2.45, 2.75) is 30.6 Å². The molecule has 0 atom stereocenters. The van der Waals surface area contributed by atoms with Gasteiger partial charge in [0.05, 0.1) is 0 Å². The predicted molar refractivity (Wildman–Crippen MR) is 71.3 cm³/mol. The van der Waals surface area contributed by atoms with Gasteiger partial charge in [-0.3, -0.25) is 0 Å². The maximum Gasteiger partial charge on any atom is 0.00934 e. The lowest BCUT2D eigenvalue weighted by Gasteiger charge is -2.42. The van der Waals surface area contributed by atoms with Gasteiger partial charge >= 0.3 is 0 Å². The Balaban J connectivity index is 1.84. The normalized spacial score (nSPS) is 24.1. The third-order valence-corrected chi connectivity index (χ3v) is 4.74. The molecule has 2 N–H and O–H groups in total. The van der Waals surface area contributed by atoms with Crippen molar-refractivity contribution in [2.75, 3.05) is 26.7 Å². The van der Waals surface area contributed by atoms with Gasteiger partial charge in [-0.05, 0) is 31.0 Å².